The third kappa shape index (κ3) is 11.7. The Morgan fingerprint density at radius 2 is 1.57 bits per heavy atom. The van der Waals surface area contributed by atoms with Gasteiger partial charge in [-0.3, -0.25) is 14.1 Å². The molecule has 0 aromatic carbocycles. The van der Waals surface area contributed by atoms with Gasteiger partial charge in [-0.1, -0.05) is 26.7 Å². The van der Waals surface area contributed by atoms with Gasteiger partial charge in [0.1, 0.15) is 0 Å². The molecule has 1 unspecified atom stereocenters. The predicted molar refractivity (Wildman–Crippen MR) is 72.8 cm³/mol. The minimum absolute atomic E-state index is 0. The van der Waals surface area contributed by atoms with E-state index in [9.17, 15) is 18.0 Å². The zero-order valence-electron chi connectivity index (χ0n) is 13.8. The van der Waals surface area contributed by atoms with Crippen LogP contribution in [0.5, 0.6) is 0 Å². The molecule has 0 radical (unpaired) electrons. The van der Waals surface area contributed by atoms with E-state index in [4.69, 9.17) is 14.0 Å². The summed E-state index contributed by atoms with van der Waals surface area (Å²) in [6, 6.07) is 0. The first-order valence-corrected chi connectivity index (χ1v) is 8.11. The summed E-state index contributed by atoms with van der Waals surface area (Å²) in [6.07, 6.45) is 2.05. The molecular formula is C12H23KO7S. The average molecular weight is 350 g/mol. The van der Waals surface area contributed by atoms with Crippen molar-refractivity contribution in [3.8, 4) is 0 Å². The van der Waals surface area contributed by atoms with E-state index < -0.39 is 33.7 Å². The SMILES string of the molecule is CCCCOC(=O)CC(C(=O)OCCCC)S(=O)(=O)O.[H-].[K+]. The molecule has 0 saturated carbocycles. The van der Waals surface area contributed by atoms with Crippen molar-refractivity contribution < 1.29 is 84.8 Å². The smallest absolute Gasteiger partial charge is 1.00 e. The van der Waals surface area contributed by atoms with Crippen molar-refractivity contribution in [3.05, 3.63) is 0 Å². The fourth-order valence-corrected chi connectivity index (χ4v) is 1.92. The monoisotopic (exact) mass is 350 g/mol. The zero-order valence-corrected chi connectivity index (χ0v) is 16.8. The number of ether oxygens (including phenoxy) is 2. The molecule has 7 nitrogen and oxygen atoms in total. The van der Waals surface area contributed by atoms with E-state index in [1.165, 1.54) is 0 Å². The maximum absolute atomic E-state index is 11.6. The van der Waals surface area contributed by atoms with E-state index in [1.54, 1.807) is 0 Å². The zero-order chi connectivity index (χ0) is 15.6. The number of unbranched alkanes of at least 4 members (excludes halogenated alkanes) is 2. The maximum Gasteiger partial charge on any atom is 1.00 e. The molecule has 0 saturated heterocycles. The van der Waals surface area contributed by atoms with Gasteiger partial charge >= 0.3 is 63.3 Å². The predicted octanol–water partition coefficient (Wildman–Crippen LogP) is -1.56. The molecule has 0 aliphatic carbocycles. The van der Waals surface area contributed by atoms with Crippen molar-refractivity contribution in [1.82, 2.24) is 0 Å². The molecule has 0 aromatic heterocycles. The first kappa shape index (κ1) is 23.7. The van der Waals surface area contributed by atoms with Crippen molar-refractivity contribution in [1.29, 1.82) is 0 Å². The number of esters is 2. The Balaban J connectivity index is -0.00000180. The topological polar surface area (TPSA) is 107 Å². The Hall–Kier alpha value is 0.486. The van der Waals surface area contributed by atoms with E-state index in [0.717, 1.165) is 12.8 Å². The van der Waals surface area contributed by atoms with Crippen LogP contribution in [0.4, 0.5) is 0 Å². The molecular weight excluding hydrogens is 327 g/mol. The fraction of sp³-hybridized carbons (Fsp3) is 0.833. The third-order valence-electron chi connectivity index (χ3n) is 2.48. The van der Waals surface area contributed by atoms with E-state index in [-0.39, 0.29) is 66.0 Å². The molecule has 0 amide bonds. The van der Waals surface area contributed by atoms with E-state index >= 15 is 0 Å². The Labute approximate surface area is 169 Å². The van der Waals surface area contributed by atoms with Crippen LogP contribution >= 0.6 is 0 Å². The molecule has 21 heavy (non-hydrogen) atoms. The minimum atomic E-state index is -4.70. The molecule has 0 spiro atoms. The van der Waals surface area contributed by atoms with Gasteiger partial charge < -0.3 is 10.9 Å². The average Bonchev–Trinajstić information content (AvgIpc) is 2.35. The number of hydrogen-bond donors (Lipinski definition) is 1. The molecule has 0 aromatic rings. The first-order valence-electron chi connectivity index (χ1n) is 6.61. The maximum atomic E-state index is 11.6. The fourth-order valence-electron chi connectivity index (χ4n) is 1.26. The molecule has 0 heterocycles. The van der Waals surface area contributed by atoms with Crippen LogP contribution in [0.15, 0.2) is 0 Å². The van der Waals surface area contributed by atoms with Crippen LogP contribution in [0.3, 0.4) is 0 Å². The van der Waals surface area contributed by atoms with Crippen LogP contribution in [0.2, 0.25) is 0 Å². The molecule has 0 rings (SSSR count). The summed E-state index contributed by atoms with van der Waals surface area (Å²) in [5.41, 5.74) is 0. The van der Waals surface area contributed by atoms with Crippen molar-refractivity contribution in [3.63, 3.8) is 0 Å². The largest absolute Gasteiger partial charge is 1.00 e. The number of carbonyl (C=O) groups is 2. The van der Waals surface area contributed by atoms with Crippen LogP contribution in [0.25, 0.3) is 0 Å². The van der Waals surface area contributed by atoms with Crippen LogP contribution < -0.4 is 51.4 Å². The normalized spacial score (nSPS) is 12.1. The minimum Gasteiger partial charge on any atom is -1.00 e. The Morgan fingerprint density at radius 1 is 1.10 bits per heavy atom. The molecule has 9 heteroatoms. The summed E-state index contributed by atoms with van der Waals surface area (Å²) in [5, 5.41) is -1.92. The molecule has 0 bridgehead atoms. The van der Waals surface area contributed by atoms with Crippen molar-refractivity contribution in [2.45, 2.75) is 51.2 Å². The van der Waals surface area contributed by atoms with Gasteiger partial charge in [0.05, 0.1) is 19.6 Å². The first-order chi connectivity index (χ1) is 9.32. The quantitative estimate of drug-likeness (QED) is 0.220. The molecule has 0 aliphatic heterocycles. The number of rotatable bonds is 10. The van der Waals surface area contributed by atoms with Gasteiger partial charge in [0.25, 0.3) is 10.1 Å². The van der Waals surface area contributed by atoms with Gasteiger partial charge in [0, 0.05) is 0 Å². The third-order valence-corrected chi connectivity index (χ3v) is 3.56. The summed E-state index contributed by atoms with van der Waals surface area (Å²) >= 11 is 0. The van der Waals surface area contributed by atoms with Crippen molar-refractivity contribution >= 4 is 22.1 Å². The van der Waals surface area contributed by atoms with Crippen LogP contribution in [0, 0.1) is 0 Å². The molecule has 1 N–H and O–H groups in total. The second kappa shape index (κ2) is 13.0. The van der Waals surface area contributed by atoms with Gasteiger partial charge in [0.15, 0.2) is 5.25 Å². The Bertz CT molecular complexity index is 414. The van der Waals surface area contributed by atoms with Crippen molar-refractivity contribution in [2.75, 3.05) is 13.2 Å². The molecule has 1 atom stereocenters. The van der Waals surface area contributed by atoms with E-state index in [2.05, 4.69) is 0 Å². The molecule has 0 aliphatic rings. The van der Waals surface area contributed by atoms with E-state index in [0.29, 0.717) is 12.8 Å². The standard InChI is InChI=1S/C12H22O7S.K.H/c1-3-5-7-18-11(13)9-10(20(15,16)17)12(14)19-8-6-4-2;;/h10H,3-9H2,1-2H3,(H,15,16,17);;/q;+1;-1. The van der Waals surface area contributed by atoms with Gasteiger partial charge in [-0.15, -0.1) is 0 Å². The van der Waals surface area contributed by atoms with Crippen LogP contribution in [0.1, 0.15) is 47.4 Å². The summed E-state index contributed by atoms with van der Waals surface area (Å²) in [4.78, 5) is 23.0. The Kier molecular flexibility index (Phi) is 14.7. The molecule has 120 valence electrons. The van der Waals surface area contributed by atoms with Gasteiger partial charge in [-0.2, -0.15) is 8.42 Å². The number of carbonyl (C=O) groups excluding carboxylic acids is 2. The van der Waals surface area contributed by atoms with Gasteiger partial charge in [-0.05, 0) is 12.8 Å². The van der Waals surface area contributed by atoms with Crippen LogP contribution in [-0.2, 0) is 29.2 Å². The van der Waals surface area contributed by atoms with Gasteiger partial charge in [0.2, 0.25) is 0 Å². The second-order valence-corrected chi connectivity index (χ2v) is 5.90. The summed E-state index contributed by atoms with van der Waals surface area (Å²) in [7, 11) is -4.70. The molecule has 0 fully saturated rings. The summed E-state index contributed by atoms with van der Waals surface area (Å²) < 4.78 is 40.7. The summed E-state index contributed by atoms with van der Waals surface area (Å²) in [6.45, 7) is 3.98. The second-order valence-electron chi connectivity index (χ2n) is 4.30. The van der Waals surface area contributed by atoms with Crippen LogP contribution in [-0.4, -0.2) is 43.4 Å². The number of hydrogen-bond acceptors (Lipinski definition) is 6. The Morgan fingerprint density at radius 3 is 2.00 bits per heavy atom. The summed E-state index contributed by atoms with van der Waals surface area (Å²) in [5.74, 6) is -1.98. The van der Waals surface area contributed by atoms with Gasteiger partial charge in [-0.25, -0.2) is 0 Å². The van der Waals surface area contributed by atoms with Crippen molar-refractivity contribution in [2.24, 2.45) is 0 Å². The van der Waals surface area contributed by atoms with E-state index in [1.807, 2.05) is 13.8 Å².